The minimum Gasteiger partial charge on any atom is -0.203 e. The summed E-state index contributed by atoms with van der Waals surface area (Å²) in [6.07, 6.45) is -1.23. The van der Waals surface area contributed by atoms with E-state index >= 15 is 26.3 Å². The van der Waals surface area contributed by atoms with Crippen molar-refractivity contribution in [1.29, 1.82) is 0 Å². The molecule has 4 aromatic rings. The lowest BCUT2D eigenvalue weighted by Crippen LogP contribution is -2.40. The van der Waals surface area contributed by atoms with Crippen LogP contribution in [-0.4, -0.2) is 0 Å². The zero-order valence-electron chi connectivity index (χ0n) is 19.8. The number of fused-ring (bicyclic) bond motifs is 1. The molecule has 5 rings (SSSR count). The molecular formula is C27H7F15. The Kier molecular flexibility index (Phi) is 6.77. The highest BCUT2D eigenvalue weighted by Gasteiger charge is 2.59. The van der Waals surface area contributed by atoms with E-state index in [-0.39, 0.29) is 0 Å². The van der Waals surface area contributed by atoms with Crippen LogP contribution >= 0.6 is 0 Å². The van der Waals surface area contributed by atoms with Crippen molar-refractivity contribution in [3.63, 3.8) is 0 Å². The van der Waals surface area contributed by atoms with Crippen LogP contribution in [0.25, 0.3) is 0 Å². The van der Waals surface area contributed by atoms with Crippen molar-refractivity contribution < 1.29 is 65.9 Å². The van der Waals surface area contributed by atoms with E-state index in [1.165, 1.54) is 0 Å². The van der Waals surface area contributed by atoms with E-state index in [0.717, 1.165) is 18.2 Å². The average molecular weight is 616 g/mol. The summed E-state index contributed by atoms with van der Waals surface area (Å²) in [6, 6.07) is 3.47. The maximum Gasteiger partial charge on any atom is 0.200 e. The lowest BCUT2D eigenvalue weighted by Gasteiger charge is -2.39. The molecule has 1 unspecified atom stereocenters. The van der Waals surface area contributed by atoms with Gasteiger partial charge in [0.15, 0.2) is 69.8 Å². The summed E-state index contributed by atoms with van der Waals surface area (Å²) in [5.74, 6) is -45.6. The molecule has 0 saturated carbocycles. The molecule has 0 spiro atoms. The fourth-order valence-electron chi connectivity index (χ4n) is 5.54. The van der Waals surface area contributed by atoms with Gasteiger partial charge in [-0.25, -0.2) is 65.9 Å². The number of hydrogen-bond acceptors (Lipinski definition) is 0. The third-order valence-electron chi connectivity index (χ3n) is 7.19. The second-order valence-corrected chi connectivity index (χ2v) is 9.10. The monoisotopic (exact) mass is 616 g/mol. The predicted octanol–water partition coefficient (Wildman–Crippen LogP) is 8.45. The van der Waals surface area contributed by atoms with Gasteiger partial charge in [0.05, 0.1) is 5.41 Å². The first-order chi connectivity index (χ1) is 19.6. The van der Waals surface area contributed by atoms with E-state index in [2.05, 4.69) is 0 Å². The minimum absolute atomic E-state index is 0.515. The van der Waals surface area contributed by atoms with Crippen LogP contribution in [0.3, 0.4) is 0 Å². The molecule has 0 N–H and O–H groups in total. The largest absolute Gasteiger partial charge is 0.203 e. The van der Waals surface area contributed by atoms with Crippen molar-refractivity contribution in [2.24, 2.45) is 0 Å². The van der Waals surface area contributed by atoms with Gasteiger partial charge in [0.1, 0.15) is 0 Å². The number of hydrogen-bond donors (Lipinski definition) is 0. The van der Waals surface area contributed by atoms with E-state index < -0.39 is 133 Å². The fraction of sp³-hybridized carbons (Fsp3) is 0.111. The van der Waals surface area contributed by atoms with E-state index in [1.54, 1.807) is 0 Å². The second kappa shape index (κ2) is 9.70. The molecule has 0 aromatic heterocycles. The third kappa shape index (κ3) is 3.54. The van der Waals surface area contributed by atoms with Crippen molar-refractivity contribution >= 4 is 0 Å². The van der Waals surface area contributed by atoms with E-state index in [0.29, 0.717) is 6.07 Å². The maximum absolute atomic E-state index is 15.5. The van der Waals surface area contributed by atoms with Crippen LogP contribution in [0.4, 0.5) is 65.9 Å². The quantitative estimate of drug-likeness (QED) is 0.123. The Balaban J connectivity index is 2.15. The highest BCUT2D eigenvalue weighted by Crippen LogP contribution is 2.60. The molecule has 1 aliphatic carbocycles. The van der Waals surface area contributed by atoms with Gasteiger partial charge in [-0.15, -0.1) is 0 Å². The van der Waals surface area contributed by atoms with Gasteiger partial charge >= 0.3 is 0 Å². The summed E-state index contributed by atoms with van der Waals surface area (Å²) >= 11 is 0. The van der Waals surface area contributed by atoms with Crippen LogP contribution in [0.1, 0.15) is 33.7 Å². The smallest absolute Gasteiger partial charge is 0.200 e. The van der Waals surface area contributed by atoms with E-state index in [9.17, 15) is 39.5 Å². The molecule has 0 fully saturated rings. The van der Waals surface area contributed by atoms with Crippen molar-refractivity contribution in [2.45, 2.75) is 17.8 Å². The zero-order chi connectivity index (χ0) is 31.2. The summed E-state index contributed by atoms with van der Waals surface area (Å²) in [5.41, 5.74) is -12.5. The molecule has 15 heteroatoms. The Morgan fingerprint density at radius 3 is 1.10 bits per heavy atom. The molecule has 220 valence electrons. The lowest BCUT2D eigenvalue weighted by molar-refractivity contribution is 0.314. The number of halogens is 15. The maximum atomic E-state index is 15.5. The Bertz CT molecular complexity index is 1670. The molecule has 0 amide bonds. The summed E-state index contributed by atoms with van der Waals surface area (Å²) in [5, 5.41) is 0. The molecule has 1 atom stereocenters. The van der Waals surface area contributed by atoms with Gasteiger partial charge in [-0.05, 0) is 17.5 Å². The van der Waals surface area contributed by atoms with Crippen molar-refractivity contribution in [1.82, 2.24) is 0 Å². The van der Waals surface area contributed by atoms with Crippen molar-refractivity contribution in [3.05, 3.63) is 139 Å². The number of benzene rings is 4. The molecular weight excluding hydrogens is 609 g/mol. The molecule has 0 heterocycles. The first-order valence-electron chi connectivity index (χ1n) is 11.3. The van der Waals surface area contributed by atoms with Gasteiger partial charge < -0.3 is 0 Å². The normalized spacial score (nSPS) is 15.8. The van der Waals surface area contributed by atoms with Gasteiger partial charge in [-0.2, -0.15) is 0 Å². The lowest BCUT2D eigenvalue weighted by atomic mass is 9.62. The highest BCUT2D eigenvalue weighted by atomic mass is 19.2. The van der Waals surface area contributed by atoms with Crippen molar-refractivity contribution in [3.8, 4) is 0 Å². The second-order valence-electron chi connectivity index (χ2n) is 9.10. The molecule has 4 aromatic carbocycles. The Hall–Kier alpha value is -4.17. The standard InChI is InChI=1S/C27H7F15/c28-12-9(13(29)19(35)24(40)18(12)34)8-5-6-3-1-2-4-7(6)27(8,10-14(30)20(36)25(41)21(37)15(10)31)11-16(32)22(38)26(42)23(39)17(11)33/h1-4,8H,5H2. The summed E-state index contributed by atoms with van der Waals surface area (Å²) in [4.78, 5) is 0. The molecule has 0 nitrogen and oxygen atoms in total. The predicted molar refractivity (Wildman–Crippen MR) is 111 cm³/mol. The first-order valence-corrected chi connectivity index (χ1v) is 11.3. The minimum atomic E-state index is -4.03. The van der Waals surface area contributed by atoms with Crippen LogP contribution in [0.15, 0.2) is 24.3 Å². The fourth-order valence-corrected chi connectivity index (χ4v) is 5.54. The van der Waals surface area contributed by atoms with Crippen molar-refractivity contribution in [2.75, 3.05) is 0 Å². The van der Waals surface area contributed by atoms with Crippen LogP contribution in [-0.2, 0) is 11.8 Å². The topological polar surface area (TPSA) is 0 Å². The van der Waals surface area contributed by atoms with Gasteiger partial charge in [-0.3, -0.25) is 0 Å². The summed E-state index contributed by atoms with van der Waals surface area (Å²) in [7, 11) is 0. The molecule has 0 radical (unpaired) electrons. The van der Waals surface area contributed by atoms with Gasteiger partial charge in [0.2, 0.25) is 17.5 Å². The van der Waals surface area contributed by atoms with E-state index in [1.807, 2.05) is 0 Å². The SMILES string of the molecule is Fc1c(F)c(F)c(C2Cc3ccccc3C2(c2c(F)c(F)c(F)c(F)c2F)c2c(F)c(F)c(F)c(F)c2F)c(F)c1F. The Morgan fingerprint density at radius 2 is 0.714 bits per heavy atom. The van der Waals surface area contributed by atoms with Crippen LogP contribution in [0, 0.1) is 87.3 Å². The van der Waals surface area contributed by atoms with Crippen LogP contribution in [0.2, 0.25) is 0 Å². The summed E-state index contributed by atoms with van der Waals surface area (Å²) < 4.78 is 221. The molecule has 1 aliphatic rings. The van der Waals surface area contributed by atoms with E-state index in [4.69, 9.17) is 0 Å². The number of rotatable bonds is 3. The van der Waals surface area contributed by atoms with Crippen LogP contribution in [0.5, 0.6) is 0 Å². The summed E-state index contributed by atoms with van der Waals surface area (Å²) in [6.45, 7) is 0. The van der Waals surface area contributed by atoms with Gasteiger partial charge in [0.25, 0.3) is 0 Å². The average Bonchev–Trinajstić information content (AvgIpc) is 3.29. The Morgan fingerprint density at radius 1 is 0.405 bits per heavy atom. The van der Waals surface area contributed by atoms with Gasteiger partial charge in [-0.1, -0.05) is 24.3 Å². The molecule has 0 saturated heterocycles. The molecule has 0 bridgehead atoms. The zero-order valence-corrected chi connectivity index (χ0v) is 19.8. The first kappa shape index (κ1) is 29.3. The highest BCUT2D eigenvalue weighted by molar-refractivity contribution is 5.63. The van der Waals surface area contributed by atoms with Crippen LogP contribution < -0.4 is 0 Å². The molecule has 0 aliphatic heterocycles. The molecule has 42 heavy (non-hydrogen) atoms. The van der Waals surface area contributed by atoms with Gasteiger partial charge in [0, 0.05) is 22.6 Å². The third-order valence-corrected chi connectivity index (χ3v) is 7.19. The Labute approximate surface area is 223 Å².